The zero-order chi connectivity index (χ0) is 10.3. The van der Waals surface area contributed by atoms with Crippen molar-refractivity contribution in [3.05, 3.63) is 11.7 Å². The lowest BCUT2D eigenvalue weighted by Crippen LogP contribution is -2.34. The highest BCUT2D eigenvalue weighted by atomic mass is 16.5. The van der Waals surface area contributed by atoms with Gasteiger partial charge >= 0.3 is 0 Å². The van der Waals surface area contributed by atoms with Crippen LogP contribution < -0.4 is 5.73 Å². The molecule has 4 nitrogen and oxygen atoms in total. The van der Waals surface area contributed by atoms with Crippen LogP contribution in [0.25, 0.3) is 0 Å². The van der Waals surface area contributed by atoms with Crippen LogP contribution >= 0.6 is 0 Å². The minimum atomic E-state index is -0.300. The van der Waals surface area contributed by atoms with Crippen molar-refractivity contribution in [2.75, 3.05) is 0 Å². The Bertz CT molecular complexity index is 350. The number of hydrogen-bond acceptors (Lipinski definition) is 4. The van der Waals surface area contributed by atoms with Crippen LogP contribution in [0.1, 0.15) is 50.2 Å². The van der Waals surface area contributed by atoms with Crippen LogP contribution in [-0.2, 0) is 12.0 Å². The van der Waals surface area contributed by atoms with Gasteiger partial charge in [0.25, 0.3) is 0 Å². The van der Waals surface area contributed by atoms with E-state index in [2.05, 4.69) is 10.1 Å². The lowest BCUT2D eigenvalue weighted by Gasteiger charge is -2.17. The molecule has 0 atom stereocenters. The minimum Gasteiger partial charge on any atom is -0.339 e. The van der Waals surface area contributed by atoms with Gasteiger partial charge in [-0.1, -0.05) is 18.0 Å². The van der Waals surface area contributed by atoms with E-state index in [1.807, 2.05) is 0 Å². The molecule has 0 unspecified atom stereocenters. The Hall–Kier alpha value is -0.900. The topological polar surface area (TPSA) is 64.9 Å². The SMILES string of the molecule is NC1(c2noc(CC3CC3)n2)CCCC1. The van der Waals surface area contributed by atoms with Crippen molar-refractivity contribution >= 4 is 0 Å². The van der Waals surface area contributed by atoms with E-state index in [0.29, 0.717) is 0 Å². The summed E-state index contributed by atoms with van der Waals surface area (Å²) in [7, 11) is 0. The van der Waals surface area contributed by atoms with Crippen molar-refractivity contribution in [3.8, 4) is 0 Å². The maximum Gasteiger partial charge on any atom is 0.226 e. The van der Waals surface area contributed by atoms with E-state index in [1.54, 1.807) is 0 Å². The number of nitrogens with two attached hydrogens (primary N) is 1. The summed E-state index contributed by atoms with van der Waals surface area (Å²) in [5.41, 5.74) is 5.95. The predicted octanol–water partition coefficient (Wildman–Crippen LogP) is 1.75. The van der Waals surface area contributed by atoms with E-state index in [-0.39, 0.29) is 5.54 Å². The molecule has 1 heterocycles. The molecule has 2 fully saturated rings. The molecule has 0 amide bonds. The molecule has 1 aromatic heterocycles. The third kappa shape index (κ3) is 1.78. The minimum absolute atomic E-state index is 0.300. The van der Waals surface area contributed by atoms with E-state index in [4.69, 9.17) is 10.3 Å². The van der Waals surface area contributed by atoms with Gasteiger partial charge in [-0.05, 0) is 31.6 Å². The van der Waals surface area contributed by atoms with Crippen LogP contribution in [0.5, 0.6) is 0 Å². The summed E-state index contributed by atoms with van der Waals surface area (Å²) in [6, 6.07) is 0. The van der Waals surface area contributed by atoms with Crippen LogP contribution in [0.3, 0.4) is 0 Å². The molecule has 2 saturated carbocycles. The lowest BCUT2D eigenvalue weighted by molar-refractivity contribution is 0.345. The van der Waals surface area contributed by atoms with Gasteiger partial charge in [0.2, 0.25) is 5.89 Å². The van der Waals surface area contributed by atoms with Crippen molar-refractivity contribution < 1.29 is 4.52 Å². The first-order valence-corrected chi connectivity index (χ1v) is 5.88. The van der Waals surface area contributed by atoms with E-state index in [0.717, 1.165) is 36.9 Å². The van der Waals surface area contributed by atoms with Gasteiger partial charge < -0.3 is 10.3 Å². The molecular formula is C11H17N3O. The molecular weight excluding hydrogens is 190 g/mol. The molecule has 2 aliphatic carbocycles. The molecule has 0 radical (unpaired) electrons. The number of aromatic nitrogens is 2. The quantitative estimate of drug-likeness (QED) is 0.820. The van der Waals surface area contributed by atoms with E-state index < -0.39 is 0 Å². The van der Waals surface area contributed by atoms with Gasteiger partial charge in [-0.3, -0.25) is 0 Å². The third-order valence-electron chi connectivity index (χ3n) is 3.57. The van der Waals surface area contributed by atoms with Gasteiger partial charge in [0.1, 0.15) is 0 Å². The van der Waals surface area contributed by atoms with Crippen LogP contribution in [0, 0.1) is 5.92 Å². The number of hydrogen-bond donors (Lipinski definition) is 1. The highest BCUT2D eigenvalue weighted by molar-refractivity contribution is 5.06. The molecule has 0 aromatic carbocycles. The van der Waals surface area contributed by atoms with Crippen LogP contribution in [0.4, 0.5) is 0 Å². The first-order valence-electron chi connectivity index (χ1n) is 5.88. The van der Waals surface area contributed by atoms with E-state index in [9.17, 15) is 0 Å². The van der Waals surface area contributed by atoms with Gasteiger partial charge in [0.15, 0.2) is 5.82 Å². The van der Waals surface area contributed by atoms with Crippen molar-refractivity contribution in [2.45, 2.75) is 50.5 Å². The highest BCUT2D eigenvalue weighted by Crippen LogP contribution is 2.36. The molecule has 1 aromatic rings. The van der Waals surface area contributed by atoms with E-state index >= 15 is 0 Å². The molecule has 2 aliphatic rings. The Balaban J connectivity index is 1.76. The average Bonchev–Trinajstić information content (AvgIpc) is 2.73. The average molecular weight is 207 g/mol. The number of nitrogens with zero attached hydrogens (tertiary/aromatic N) is 2. The summed E-state index contributed by atoms with van der Waals surface area (Å²) in [5.74, 6) is 2.30. The Morgan fingerprint density at radius 2 is 2.07 bits per heavy atom. The second kappa shape index (κ2) is 3.30. The Kier molecular flexibility index (Phi) is 2.06. The van der Waals surface area contributed by atoms with Gasteiger partial charge in [-0.25, -0.2) is 0 Å². The molecule has 0 aliphatic heterocycles. The molecule has 3 rings (SSSR count). The fourth-order valence-corrected chi connectivity index (χ4v) is 2.34. The summed E-state index contributed by atoms with van der Waals surface area (Å²) in [6.07, 6.45) is 7.93. The summed E-state index contributed by atoms with van der Waals surface area (Å²) < 4.78 is 5.25. The van der Waals surface area contributed by atoms with Crippen LogP contribution in [-0.4, -0.2) is 10.1 Å². The van der Waals surface area contributed by atoms with Gasteiger partial charge in [-0.15, -0.1) is 0 Å². The lowest BCUT2D eigenvalue weighted by atomic mass is 9.99. The van der Waals surface area contributed by atoms with Crippen LogP contribution in [0.15, 0.2) is 4.52 Å². The zero-order valence-corrected chi connectivity index (χ0v) is 8.91. The van der Waals surface area contributed by atoms with Crippen molar-refractivity contribution in [1.82, 2.24) is 10.1 Å². The Morgan fingerprint density at radius 1 is 1.33 bits per heavy atom. The normalized spacial score (nSPS) is 24.6. The second-order valence-electron chi connectivity index (χ2n) is 5.02. The second-order valence-corrected chi connectivity index (χ2v) is 5.02. The Labute approximate surface area is 89.2 Å². The first kappa shape index (κ1) is 9.33. The predicted molar refractivity (Wildman–Crippen MR) is 55.1 cm³/mol. The summed E-state index contributed by atoms with van der Waals surface area (Å²) in [6.45, 7) is 0. The van der Waals surface area contributed by atoms with Gasteiger partial charge in [0.05, 0.1) is 5.54 Å². The van der Waals surface area contributed by atoms with E-state index in [1.165, 1.54) is 25.7 Å². The summed E-state index contributed by atoms with van der Waals surface area (Å²) in [5, 5.41) is 4.04. The van der Waals surface area contributed by atoms with Gasteiger partial charge in [0, 0.05) is 6.42 Å². The maximum absolute atomic E-state index is 6.26. The Morgan fingerprint density at radius 3 is 2.73 bits per heavy atom. The third-order valence-corrected chi connectivity index (χ3v) is 3.57. The highest BCUT2D eigenvalue weighted by Gasteiger charge is 2.36. The van der Waals surface area contributed by atoms with Gasteiger partial charge in [-0.2, -0.15) is 4.98 Å². The first-order chi connectivity index (χ1) is 7.26. The molecule has 0 bridgehead atoms. The molecule has 2 N–H and O–H groups in total. The smallest absolute Gasteiger partial charge is 0.226 e. The van der Waals surface area contributed by atoms with Crippen LogP contribution in [0.2, 0.25) is 0 Å². The largest absolute Gasteiger partial charge is 0.339 e. The standard InChI is InChI=1S/C11H17N3O/c12-11(5-1-2-6-11)10-13-9(15-14-10)7-8-3-4-8/h8H,1-7,12H2. The maximum atomic E-state index is 6.26. The summed E-state index contributed by atoms with van der Waals surface area (Å²) >= 11 is 0. The molecule has 4 heteroatoms. The zero-order valence-electron chi connectivity index (χ0n) is 8.91. The van der Waals surface area contributed by atoms with Crippen molar-refractivity contribution in [3.63, 3.8) is 0 Å². The summed E-state index contributed by atoms with van der Waals surface area (Å²) in [4.78, 5) is 4.44. The van der Waals surface area contributed by atoms with Crippen molar-refractivity contribution in [1.29, 1.82) is 0 Å². The monoisotopic (exact) mass is 207 g/mol. The fraction of sp³-hybridized carbons (Fsp3) is 0.818. The van der Waals surface area contributed by atoms with Crippen molar-refractivity contribution in [2.24, 2.45) is 11.7 Å². The molecule has 82 valence electrons. The fourth-order valence-electron chi connectivity index (χ4n) is 2.34. The molecule has 15 heavy (non-hydrogen) atoms. The number of rotatable bonds is 3. The molecule has 0 saturated heterocycles. The molecule has 0 spiro atoms.